The molecule has 0 saturated heterocycles. The van der Waals surface area contributed by atoms with Crippen LogP contribution < -0.4 is 16.2 Å². The number of fused-ring (bicyclic) bond motifs is 1. The summed E-state index contributed by atoms with van der Waals surface area (Å²) in [5.74, 6) is 0.0289. The first-order valence-corrected chi connectivity index (χ1v) is 8.01. The molecule has 26 heavy (non-hydrogen) atoms. The third-order valence-electron chi connectivity index (χ3n) is 3.94. The van der Waals surface area contributed by atoms with Crippen LogP contribution in [0.5, 0.6) is 5.75 Å². The van der Waals surface area contributed by atoms with Crippen LogP contribution in [0.4, 0.5) is 4.39 Å². The first kappa shape index (κ1) is 19.2. The van der Waals surface area contributed by atoms with Gasteiger partial charge in [-0.2, -0.15) is 4.99 Å². The highest BCUT2D eigenvalue weighted by molar-refractivity contribution is 6.03. The first-order chi connectivity index (χ1) is 12.5. The second-order valence-electron chi connectivity index (χ2n) is 5.86. The highest BCUT2D eigenvalue weighted by atomic mass is 19.1. The molecule has 6 heteroatoms. The van der Waals surface area contributed by atoms with Crippen LogP contribution in [0.1, 0.15) is 34.0 Å². The van der Waals surface area contributed by atoms with Gasteiger partial charge in [0.25, 0.3) is 5.91 Å². The molecule has 1 amide bonds. The van der Waals surface area contributed by atoms with Crippen molar-refractivity contribution in [3.05, 3.63) is 70.3 Å². The molecule has 0 aliphatic carbocycles. The van der Waals surface area contributed by atoms with Gasteiger partial charge < -0.3 is 16.2 Å². The lowest BCUT2D eigenvalue weighted by molar-refractivity contribution is 0.100. The van der Waals surface area contributed by atoms with Gasteiger partial charge in [0, 0.05) is 11.1 Å². The Hall–Kier alpha value is -3.15. The van der Waals surface area contributed by atoms with Gasteiger partial charge in [0.1, 0.15) is 12.4 Å². The number of ether oxygens (including phenoxy) is 1. The standard InChI is InChI=1S/C19H19N3O2.CH3F/c1-11-3-5-13(6-4-11)17-12(2)10-24-16-8-7-14(9-15(16)17)18(23)22-19(20)21;1-2/h3-9H,10H2,1-2H3,(H4,20,21,22,23);1H3. The maximum Gasteiger partial charge on any atom is 0.280 e. The Labute approximate surface area is 152 Å². The fourth-order valence-corrected chi connectivity index (χ4v) is 2.78. The van der Waals surface area contributed by atoms with E-state index in [1.54, 1.807) is 18.2 Å². The number of aliphatic imine (C=N–C) groups is 1. The van der Waals surface area contributed by atoms with Gasteiger partial charge in [-0.05, 0) is 48.8 Å². The summed E-state index contributed by atoms with van der Waals surface area (Å²) in [7, 11) is 0.500. The number of nitrogens with zero attached hydrogens (tertiary/aromatic N) is 1. The molecule has 0 saturated carbocycles. The molecule has 1 aliphatic rings. The van der Waals surface area contributed by atoms with Crippen LogP contribution in [0.2, 0.25) is 0 Å². The highest BCUT2D eigenvalue weighted by Crippen LogP contribution is 2.38. The number of amides is 1. The number of nitrogens with two attached hydrogens (primary N) is 2. The molecular formula is C20H22FN3O2. The minimum Gasteiger partial charge on any atom is -0.489 e. The molecule has 0 fully saturated rings. The SMILES string of the molecule is CC1=C(c2ccc(C)cc2)c2cc(C(=O)N=C(N)N)ccc2OC1.CF. The van der Waals surface area contributed by atoms with E-state index in [4.69, 9.17) is 16.2 Å². The van der Waals surface area contributed by atoms with Gasteiger partial charge in [0.05, 0.1) is 7.18 Å². The zero-order chi connectivity index (χ0) is 19.3. The van der Waals surface area contributed by atoms with Crippen LogP contribution in [0.25, 0.3) is 5.57 Å². The molecular weight excluding hydrogens is 333 g/mol. The van der Waals surface area contributed by atoms with Crippen molar-refractivity contribution in [3.63, 3.8) is 0 Å². The van der Waals surface area contributed by atoms with Gasteiger partial charge in [-0.3, -0.25) is 9.18 Å². The lowest BCUT2D eigenvalue weighted by Crippen LogP contribution is -2.24. The monoisotopic (exact) mass is 355 g/mol. The molecule has 0 atom stereocenters. The summed E-state index contributed by atoms with van der Waals surface area (Å²) in [5, 5.41) is 0. The number of benzene rings is 2. The van der Waals surface area contributed by atoms with E-state index in [2.05, 4.69) is 36.2 Å². The quantitative estimate of drug-likeness (QED) is 0.639. The van der Waals surface area contributed by atoms with Crippen molar-refractivity contribution in [2.24, 2.45) is 16.5 Å². The number of carbonyl (C=O) groups is 1. The zero-order valence-electron chi connectivity index (χ0n) is 15.0. The summed E-state index contributed by atoms with van der Waals surface area (Å²) in [6.07, 6.45) is 0. The van der Waals surface area contributed by atoms with E-state index in [1.165, 1.54) is 5.56 Å². The summed E-state index contributed by atoms with van der Waals surface area (Å²) in [6, 6.07) is 13.5. The van der Waals surface area contributed by atoms with Gasteiger partial charge in [-0.25, -0.2) is 0 Å². The fourth-order valence-electron chi connectivity index (χ4n) is 2.78. The predicted molar refractivity (Wildman–Crippen MR) is 102 cm³/mol. The number of hydrogen-bond acceptors (Lipinski definition) is 2. The van der Waals surface area contributed by atoms with Gasteiger partial charge in [-0.1, -0.05) is 29.8 Å². The predicted octanol–water partition coefficient (Wildman–Crippen LogP) is 3.21. The molecule has 136 valence electrons. The lowest BCUT2D eigenvalue weighted by atomic mass is 9.90. The van der Waals surface area contributed by atoms with Crippen LogP contribution in [0, 0.1) is 6.92 Å². The van der Waals surface area contributed by atoms with Crippen molar-refractivity contribution >= 4 is 17.4 Å². The highest BCUT2D eigenvalue weighted by Gasteiger charge is 2.21. The second-order valence-corrected chi connectivity index (χ2v) is 5.86. The third kappa shape index (κ3) is 4.08. The largest absolute Gasteiger partial charge is 0.489 e. The van der Waals surface area contributed by atoms with Crippen LogP contribution in [-0.4, -0.2) is 25.7 Å². The fraction of sp³-hybridized carbons (Fsp3) is 0.200. The van der Waals surface area contributed by atoms with Crippen LogP contribution in [-0.2, 0) is 0 Å². The molecule has 0 unspecified atom stereocenters. The average molecular weight is 355 g/mol. The zero-order valence-corrected chi connectivity index (χ0v) is 15.0. The van der Waals surface area contributed by atoms with Crippen molar-refractivity contribution in [1.82, 2.24) is 0 Å². The van der Waals surface area contributed by atoms with Gasteiger partial charge in [-0.15, -0.1) is 0 Å². The van der Waals surface area contributed by atoms with E-state index in [0.717, 1.165) is 28.0 Å². The van der Waals surface area contributed by atoms with E-state index in [1.807, 2.05) is 6.92 Å². The molecule has 3 rings (SSSR count). The topological polar surface area (TPSA) is 90.7 Å². The maximum absolute atomic E-state index is 12.1. The summed E-state index contributed by atoms with van der Waals surface area (Å²) < 4.78 is 15.3. The smallest absolute Gasteiger partial charge is 0.280 e. The number of rotatable bonds is 2. The Morgan fingerprint density at radius 1 is 1.08 bits per heavy atom. The third-order valence-corrected chi connectivity index (χ3v) is 3.94. The molecule has 1 aliphatic heterocycles. The van der Waals surface area contributed by atoms with E-state index in [0.29, 0.717) is 19.3 Å². The van der Waals surface area contributed by atoms with Crippen LogP contribution >= 0.6 is 0 Å². The van der Waals surface area contributed by atoms with Crippen molar-refractivity contribution < 1.29 is 13.9 Å². The van der Waals surface area contributed by atoms with E-state index in [-0.39, 0.29) is 5.96 Å². The number of halogens is 1. The number of aryl methyl sites for hydroxylation is 1. The maximum atomic E-state index is 12.1. The van der Waals surface area contributed by atoms with Crippen molar-refractivity contribution in [3.8, 4) is 5.75 Å². The molecule has 4 N–H and O–H groups in total. The molecule has 0 radical (unpaired) electrons. The normalized spacial score (nSPS) is 12.3. The van der Waals surface area contributed by atoms with Crippen LogP contribution in [0.15, 0.2) is 53.0 Å². The van der Waals surface area contributed by atoms with Crippen molar-refractivity contribution in [1.29, 1.82) is 0 Å². The van der Waals surface area contributed by atoms with E-state index >= 15 is 0 Å². The van der Waals surface area contributed by atoms with E-state index in [9.17, 15) is 9.18 Å². The van der Waals surface area contributed by atoms with Gasteiger partial charge >= 0.3 is 0 Å². The Bertz CT molecular complexity index is 867. The molecule has 0 bridgehead atoms. The van der Waals surface area contributed by atoms with Crippen molar-refractivity contribution in [2.45, 2.75) is 13.8 Å². The summed E-state index contributed by atoms with van der Waals surface area (Å²) in [6.45, 7) is 4.61. The Balaban J connectivity index is 0.00000117. The Morgan fingerprint density at radius 2 is 1.73 bits per heavy atom. The molecule has 0 aromatic heterocycles. The van der Waals surface area contributed by atoms with Gasteiger partial charge in [0.2, 0.25) is 0 Å². The first-order valence-electron chi connectivity index (χ1n) is 8.01. The number of guanidine groups is 1. The average Bonchev–Trinajstić information content (AvgIpc) is 2.63. The van der Waals surface area contributed by atoms with Crippen molar-refractivity contribution in [2.75, 3.05) is 13.8 Å². The molecule has 0 spiro atoms. The Morgan fingerprint density at radius 3 is 2.35 bits per heavy atom. The molecule has 2 aromatic rings. The van der Waals surface area contributed by atoms with Gasteiger partial charge in [0.15, 0.2) is 5.96 Å². The van der Waals surface area contributed by atoms with E-state index < -0.39 is 5.91 Å². The molecule has 5 nitrogen and oxygen atoms in total. The minimum absolute atomic E-state index is 0.251. The summed E-state index contributed by atoms with van der Waals surface area (Å²) in [5.41, 5.74) is 16.4. The lowest BCUT2D eigenvalue weighted by Gasteiger charge is -2.23. The number of hydrogen-bond donors (Lipinski definition) is 2. The molecule has 1 heterocycles. The second kappa shape index (κ2) is 8.29. The summed E-state index contributed by atoms with van der Waals surface area (Å²) >= 11 is 0. The Kier molecular flexibility index (Phi) is 6.11. The number of alkyl halides is 1. The summed E-state index contributed by atoms with van der Waals surface area (Å²) in [4.78, 5) is 15.7. The molecule has 2 aromatic carbocycles. The number of carbonyl (C=O) groups excluding carboxylic acids is 1. The van der Waals surface area contributed by atoms with Crippen LogP contribution in [0.3, 0.4) is 0 Å². The minimum atomic E-state index is -0.468.